The maximum atomic E-state index is 13.1. The zero-order chi connectivity index (χ0) is 20.4. The van der Waals surface area contributed by atoms with Crippen molar-refractivity contribution < 1.29 is 9.18 Å². The molecule has 1 aromatic carbocycles. The molecule has 0 fully saturated rings. The van der Waals surface area contributed by atoms with Gasteiger partial charge in [-0.2, -0.15) is 4.68 Å². The SMILES string of the molecule is CCc1c(C)sc2[nH]c(=S)n(NC(=O)CSCc3ccc(F)cc3Cl)c(=O)c12. The first-order valence-corrected chi connectivity index (χ1v) is 11.2. The van der Waals surface area contributed by atoms with Crippen LogP contribution >= 0.6 is 46.9 Å². The van der Waals surface area contributed by atoms with Gasteiger partial charge in [0.05, 0.1) is 11.1 Å². The second-order valence-corrected chi connectivity index (χ2v) is 9.03. The number of amides is 1. The van der Waals surface area contributed by atoms with Gasteiger partial charge in [-0.25, -0.2) is 4.39 Å². The minimum Gasteiger partial charge on any atom is -0.322 e. The molecule has 0 aliphatic heterocycles. The number of hydrogen-bond donors (Lipinski definition) is 2. The van der Waals surface area contributed by atoms with Crippen molar-refractivity contribution in [2.45, 2.75) is 26.0 Å². The molecular weight excluding hydrogens is 441 g/mol. The van der Waals surface area contributed by atoms with Gasteiger partial charge in [0.15, 0.2) is 0 Å². The van der Waals surface area contributed by atoms with Gasteiger partial charge in [0, 0.05) is 15.7 Å². The van der Waals surface area contributed by atoms with Crippen LogP contribution in [0.15, 0.2) is 23.0 Å². The smallest absolute Gasteiger partial charge is 0.282 e. The molecule has 3 aromatic rings. The highest BCUT2D eigenvalue weighted by molar-refractivity contribution is 7.99. The fourth-order valence-corrected chi connectivity index (χ4v) is 5.39. The number of rotatable bonds is 6. The Labute approximate surface area is 178 Å². The molecule has 2 aromatic heterocycles. The molecule has 28 heavy (non-hydrogen) atoms. The van der Waals surface area contributed by atoms with Gasteiger partial charge in [0.2, 0.25) is 10.7 Å². The van der Waals surface area contributed by atoms with Crippen LogP contribution in [-0.2, 0) is 17.0 Å². The van der Waals surface area contributed by atoms with Crippen LogP contribution in [0.25, 0.3) is 10.2 Å². The van der Waals surface area contributed by atoms with Crippen LogP contribution in [0.1, 0.15) is 22.9 Å². The number of nitrogens with zero attached hydrogens (tertiary/aromatic N) is 1. The predicted octanol–water partition coefficient (Wildman–Crippen LogP) is 4.79. The lowest BCUT2D eigenvalue weighted by molar-refractivity contribution is -0.114. The zero-order valence-electron chi connectivity index (χ0n) is 15.1. The van der Waals surface area contributed by atoms with Crippen LogP contribution < -0.4 is 11.0 Å². The lowest BCUT2D eigenvalue weighted by atomic mass is 10.1. The number of hydrogen-bond acceptors (Lipinski definition) is 5. The van der Waals surface area contributed by atoms with Crippen LogP contribution in [0.4, 0.5) is 4.39 Å². The van der Waals surface area contributed by atoms with E-state index in [1.54, 1.807) is 6.07 Å². The fraction of sp³-hybridized carbons (Fsp3) is 0.278. The highest BCUT2D eigenvalue weighted by atomic mass is 35.5. The average molecular weight is 458 g/mol. The van der Waals surface area contributed by atoms with Crippen molar-refractivity contribution in [3.05, 3.63) is 60.2 Å². The Bertz CT molecular complexity index is 1170. The summed E-state index contributed by atoms with van der Waals surface area (Å²) in [5.74, 6) is -0.238. The standard InChI is InChI=1S/C18H17ClFN3O2S3/c1-3-12-9(2)28-16-15(12)17(25)23(18(26)21-16)22-14(24)8-27-7-10-4-5-11(20)6-13(10)19/h4-6H,3,7-8H2,1-2H3,(H,21,26)(H,22,24). The first-order chi connectivity index (χ1) is 13.3. The van der Waals surface area contributed by atoms with Gasteiger partial charge in [-0.3, -0.25) is 15.0 Å². The van der Waals surface area contributed by atoms with E-state index in [0.717, 1.165) is 25.5 Å². The molecule has 1 amide bonds. The van der Waals surface area contributed by atoms with Gasteiger partial charge in [0.25, 0.3) is 5.56 Å². The lowest BCUT2D eigenvalue weighted by Crippen LogP contribution is -2.35. The van der Waals surface area contributed by atoms with Crippen LogP contribution in [-0.4, -0.2) is 21.3 Å². The monoisotopic (exact) mass is 457 g/mol. The van der Waals surface area contributed by atoms with E-state index in [1.807, 2.05) is 13.8 Å². The lowest BCUT2D eigenvalue weighted by Gasteiger charge is -2.09. The molecule has 10 heteroatoms. The second kappa shape index (κ2) is 8.77. The van der Waals surface area contributed by atoms with Crippen molar-refractivity contribution in [3.63, 3.8) is 0 Å². The Morgan fingerprint density at radius 1 is 1.46 bits per heavy atom. The second-order valence-electron chi connectivity index (χ2n) is 6.03. The van der Waals surface area contributed by atoms with Crippen molar-refractivity contribution in [2.24, 2.45) is 0 Å². The molecule has 0 spiro atoms. The zero-order valence-corrected chi connectivity index (χ0v) is 18.3. The summed E-state index contributed by atoms with van der Waals surface area (Å²) >= 11 is 14.0. The first-order valence-electron chi connectivity index (χ1n) is 8.40. The minimum atomic E-state index is -0.407. The summed E-state index contributed by atoms with van der Waals surface area (Å²) in [7, 11) is 0. The molecule has 148 valence electrons. The molecule has 0 radical (unpaired) electrons. The molecule has 0 aliphatic carbocycles. The number of nitrogens with one attached hydrogen (secondary N) is 2. The van der Waals surface area contributed by atoms with Gasteiger partial charge < -0.3 is 4.98 Å². The molecule has 5 nitrogen and oxygen atoms in total. The van der Waals surface area contributed by atoms with Crippen molar-refractivity contribution in [1.82, 2.24) is 9.66 Å². The number of H-pyrrole nitrogens is 1. The Balaban J connectivity index is 1.74. The molecule has 0 atom stereocenters. The maximum Gasteiger partial charge on any atom is 0.282 e. The van der Waals surface area contributed by atoms with E-state index in [2.05, 4.69) is 10.4 Å². The van der Waals surface area contributed by atoms with Crippen molar-refractivity contribution in [2.75, 3.05) is 11.2 Å². The summed E-state index contributed by atoms with van der Waals surface area (Å²) < 4.78 is 14.3. The Hall–Kier alpha value is -1.68. The highest BCUT2D eigenvalue weighted by Gasteiger charge is 2.16. The number of thiophene rings is 1. The number of fused-ring (bicyclic) bond motifs is 1. The summed E-state index contributed by atoms with van der Waals surface area (Å²) in [4.78, 5) is 29.9. The van der Waals surface area contributed by atoms with E-state index >= 15 is 0 Å². The normalized spacial score (nSPS) is 11.1. The number of carbonyl (C=O) groups is 1. The first kappa shape index (κ1) is 21.0. The van der Waals surface area contributed by atoms with E-state index < -0.39 is 5.82 Å². The number of aromatic amines is 1. The molecule has 0 bridgehead atoms. The van der Waals surface area contributed by atoms with Crippen LogP contribution in [0, 0.1) is 17.5 Å². The number of aromatic nitrogens is 2. The number of thioether (sulfide) groups is 1. The molecule has 0 unspecified atom stereocenters. The van der Waals surface area contributed by atoms with Gasteiger partial charge in [-0.15, -0.1) is 23.1 Å². The number of halogens is 2. The van der Waals surface area contributed by atoms with Gasteiger partial charge in [-0.1, -0.05) is 24.6 Å². The minimum absolute atomic E-state index is 0.0935. The molecule has 0 aliphatic rings. The Morgan fingerprint density at radius 2 is 2.21 bits per heavy atom. The van der Waals surface area contributed by atoms with Gasteiger partial charge in [-0.05, 0) is 48.8 Å². The van der Waals surface area contributed by atoms with Gasteiger partial charge in [0.1, 0.15) is 10.6 Å². The van der Waals surface area contributed by atoms with Crippen molar-refractivity contribution in [3.8, 4) is 0 Å². The number of benzene rings is 1. The van der Waals surface area contributed by atoms with E-state index in [0.29, 0.717) is 22.6 Å². The molecule has 0 saturated carbocycles. The molecular formula is C18H17ClFN3O2S3. The topological polar surface area (TPSA) is 66.9 Å². The van der Waals surface area contributed by atoms with E-state index in [-0.39, 0.29) is 22.0 Å². The third kappa shape index (κ3) is 4.32. The molecule has 2 heterocycles. The molecule has 3 rings (SSSR count). The summed E-state index contributed by atoms with van der Waals surface area (Å²) in [6.45, 7) is 3.94. The summed E-state index contributed by atoms with van der Waals surface area (Å²) in [5.41, 5.74) is 3.92. The average Bonchev–Trinajstić information content (AvgIpc) is 2.95. The quantitative estimate of drug-likeness (QED) is 0.522. The predicted molar refractivity (Wildman–Crippen MR) is 117 cm³/mol. The Morgan fingerprint density at radius 3 is 2.89 bits per heavy atom. The summed E-state index contributed by atoms with van der Waals surface area (Å²) in [6, 6.07) is 4.15. The fourth-order valence-electron chi connectivity index (χ4n) is 2.83. The van der Waals surface area contributed by atoms with Crippen molar-refractivity contribution in [1.29, 1.82) is 0 Å². The Kier molecular flexibility index (Phi) is 6.59. The third-order valence-corrected chi connectivity index (χ3v) is 6.83. The summed E-state index contributed by atoms with van der Waals surface area (Å²) in [5, 5.41) is 0.876. The van der Waals surface area contributed by atoms with Crippen LogP contribution in [0.5, 0.6) is 0 Å². The van der Waals surface area contributed by atoms with E-state index in [4.69, 9.17) is 23.8 Å². The largest absolute Gasteiger partial charge is 0.322 e. The molecule has 2 N–H and O–H groups in total. The molecule has 0 saturated heterocycles. The van der Waals surface area contributed by atoms with Crippen LogP contribution in [0.2, 0.25) is 5.02 Å². The maximum absolute atomic E-state index is 13.1. The number of aryl methyl sites for hydroxylation is 2. The van der Waals surface area contributed by atoms with Gasteiger partial charge >= 0.3 is 0 Å². The van der Waals surface area contributed by atoms with Crippen LogP contribution in [0.3, 0.4) is 0 Å². The highest BCUT2D eigenvalue weighted by Crippen LogP contribution is 2.27. The summed E-state index contributed by atoms with van der Waals surface area (Å²) in [6.07, 6.45) is 0.716. The van der Waals surface area contributed by atoms with Crippen molar-refractivity contribution >= 4 is 63.0 Å². The third-order valence-electron chi connectivity index (χ3n) is 4.15. The number of carbonyl (C=O) groups excluding carboxylic acids is 1. The van der Waals surface area contributed by atoms with E-state index in [9.17, 15) is 14.0 Å². The van der Waals surface area contributed by atoms with E-state index in [1.165, 1.54) is 35.2 Å².